The first kappa shape index (κ1) is 13.8. The Morgan fingerprint density at radius 2 is 1.74 bits per heavy atom. The smallest absolute Gasteiger partial charge is 0.127 e. The third-order valence-electron chi connectivity index (χ3n) is 3.54. The minimum absolute atomic E-state index is 0.226. The highest BCUT2D eigenvalue weighted by Crippen LogP contribution is 2.27. The van der Waals surface area contributed by atoms with Crippen LogP contribution in [0.1, 0.15) is 30.5 Å². The first-order valence-corrected chi connectivity index (χ1v) is 6.80. The normalized spacial score (nSPS) is 10.7. The van der Waals surface area contributed by atoms with Crippen LogP contribution in [0, 0.1) is 5.82 Å². The monoisotopic (exact) mass is 257 g/mol. The van der Waals surface area contributed by atoms with Gasteiger partial charge in [-0.05, 0) is 47.2 Å². The number of aryl methyl sites for hydroxylation is 2. The summed E-state index contributed by atoms with van der Waals surface area (Å²) in [7, 11) is 0. The van der Waals surface area contributed by atoms with Crippen molar-refractivity contribution < 1.29 is 4.39 Å². The Morgan fingerprint density at radius 3 is 2.37 bits per heavy atom. The SMILES string of the molecule is CCc1ccc(CC)c(-c2ccc(F)c(CN)c2)c1. The summed E-state index contributed by atoms with van der Waals surface area (Å²) in [6, 6.07) is 11.7. The van der Waals surface area contributed by atoms with Crippen molar-refractivity contribution in [2.24, 2.45) is 5.73 Å². The highest BCUT2D eigenvalue weighted by atomic mass is 19.1. The van der Waals surface area contributed by atoms with Gasteiger partial charge in [0.1, 0.15) is 5.82 Å². The van der Waals surface area contributed by atoms with Gasteiger partial charge in [0.05, 0.1) is 0 Å². The first-order chi connectivity index (χ1) is 9.19. The zero-order valence-corrected chi connectivity index (χ0v) is 11.5. The molecule has 0 heterocycles. The van der Waals surface area contributed by atoms with Crippen LogP contribution in [0.4, 0.5) is 4.39 Å². The van der Waals surface area contributed by atoms with Gasteiger partial charge in [-0.25, -0.2) is 4.39 Å². The molecule has 0 unspecified atom stereocenters. The van der Waals surface area contributed by atoms with Crippen molar-refractivity contribution >= 4 is 0 Å². The first-order valence-electron chi connectivity index (χ1n) is 6.80. The molecule has 2 N–H and O–H groups in total. The Morgan fingerprint density at radius 1 is 0.947 bits per heavy atom. The van der Waals surface area contributed by atoms with Crippen LogP contribution in [0.2, 0.25) is 0 Å². The number of nitrogens with two attached hydrogens (primary N) is 1. The second-order valence-corrected chi connectivity index (χ2v) is 4.71. The van der Waals surface area contributed by atoms with E-state index in [9.17, 15) is 4.39 Å². The molecule has 2 rings (SSSR count). The molecule has 0 aliphatic rings. The van der Waals surface area contributed by atoms with Gasteiger partial charge in [0, 0.05) is 12.1 Å². The van der Waals surface area contributed by atoms with Gasteiger partial charge < -0.3 is 5.73 Å². The summed E-state index contributed by atoms with van der Waals surface area (Å²) in [4.78, 5) is 0. The molecule has 0 fully saturated rings. The molecular formula is C17H20FN. The maximum Gasteiger partial charge on any atom is 0.127 e. The molecule has 0 saturated carbocycles. The van der Waals surface area contributed by atoms with Crippen molar-refractivity contribution in [3.8, 4) is 11.1 Å². The summed E-state index contributed by atoms with van der Waals surface area (Å²) in [5.41, 5.74) is 11.0. The standard InChI is InChI=1S/C17H20FN/c1-3-12-5-6-13(4-2)16(9-12)14-7-8-17(18)15(10-14)11-19/h5-10H,3-4,11,19H2,1-2H3. The van der Waals surface area contributed by atoms with E-state index in [1.165, 1.54) is 22.8 Å². The zero-order chi connectivity index (χ0) is 13.8. The summed E-state index contributed by atoms with van der Waals surface area (Å²) in [5, 5.41) is 0. The molecule has 19 heavy (non-hydrogen) atoms. The fourth-order valence-corrected chi connectivity index (χ4v) is 2.32. The van der Waals surface area contributed by atoms with Crippen molar-refractivity contribution in [1.29, 1.82) is 0 Å². The number of rotatable bonds is 4. The van der Waals surface area contributed by atoms with Crippen LogP contribution in [-0.2, 0) is 19.4 Å². The number of hydrogen-bond donors (Lipinski definition) is 1. The molecule has 100 valence electrons. The van der Waals surface area contributed by atoms with Gasteiger partial charge in [0.25, 0.3) is 0 Å². The second-order valence-electron chi connectivity index (χ2n) is 4.71. The van der Waals surface area contributed by atoms with E-state index >= 15 is 0 Å². The molecule has 0 spiro atoms. The Balaban J connectivity index is 2.56. The van der Waals surface area contributed by atoms with E-state index < -0.39 is 0 Å². The largest absolute Gasteiger partial charge is 0.326 e. The lowest BCUT2D eigenvalue weighted by Gasteiger charge is -2.12. The number of hydrogen-bond acceptors (Lipinski definition) is 1. The average Bonchev–Trinajstić information content (AvgIpc) is 2.47. The second kappa shape index (κ2) is 5.98. The fraction of sp³-hybridized carbons (Fsp3) is 0.294. The molecule has 1 nitrogen and oxygen atoms in total. The Hall–Kier alpha value is -1.67. The lowest BCUT2D eigenvalue weighted by molar-refractivity contribution is 0.611. The third-order valence-corrected chi connectivity index (χ3v) is 3.54. The summed E-state index contributed by atoms with van der Waals surface area (Å²) in [6.45, 7) is 4.51. The zero-order valence-electron chi connectivity index (χ0n) is 11.5. The predicted molar refractivity (Wildman–Crippen MR) is 78.5 cm³/mol. The van der Waals surface area contributed by atoms with Crippen molar-refractivity contribution in [2.45, 2.75) is 33.2 Å². The van der Waals surface area contributed by atoms with Crippen LogP contribution in [0.25, 0.3) is 11.1 Å². The highest BCUT2D eigenvalue weighted by molar-refractivity contribution is 5.69. The Kier molecular flexibility index (Phi) is 4.33. The molecule has 0 radical (unpaired) electrons. The van der Waals surface area contributed by atoms with Crippen LogP contribution >= 0.6 is 0 Å². The van der Waals surface area contributed by atoms with Crippen molar-refractivity contribution in [3.63, 3.8) is 0 Å². The van der Waals surface area contributed by atoms with Crippen LogP contribution in [0.3, 0.4) is 0 Å². The molecular weight excluding hydrogens is 237 g/mol. The molecule has 0 amide bonds. The van der Waals surface area contributed by atoms with Gasteiger partial charge in [-0.15, -0.1) is 0 Å². The van der Waals surface area contributed by atoms with Crippen molar-refractivity contribution in [1.82, 2.24) is 0 Å². The van der Waals surface area contributed by atoms with Crippen LogP contribution < -0.4 is 5.73 Å². The van der Waals surface area contributed by atoms with Crippen LogP contribution in [0.5, 0.6) is 0 Å². The molecule has 0 aromatic heterocycles. The maximum absolute atomic E-state index is 13.5. The van der Waals surface area contributed by atoms with Crippen LogP contribution in [-0.4, -0.2) is 0 Å². The van der Waals surface area contributed by atoms with Crippen molar-refractivity contribution in [3.05, 3.63) is 58.9 Å². The topological polar surface area (TPSA) is 26.0 Å². The van der Waals surface area contributed by atoms with E-state index in [0.29, 0.717) is 5.56 Å². The molecule has 0 aliphatic carbocycles. The lowest BCUT2D eigenvalue weighted by atomic mass is 9.94. The van der Waals surface area contributed by atoms with Crippen molar-refractivity contribution in [2.75, 3.05) is 0 Å². The molecule has 2 aromatic carbocycles. The van der Waals surface area contributed by atoms with Gasteiger partial charge >= 0.3 is 0 Å². The van der Waals surface area contributed by atoms with Gasteiger partial charge in [-0.2, -0.15) is 0 Å². The Bertz CT molecular complexity index is 575. The molecule has 0 saturated heterocycles. The molecule has 0 atom stereocenters. The van der Waals surface area contributed by atoms with E-state index in [4.69, 9.17) is 5.73 Å². The molecule has 0 bridgehead atoms. The third kappa shape index (κ3) is 2.85. The van der Waals surface area contributed by atoms with E-state index in [2.05, 4.69) is 32.0 Å². The van der Waals surface area contributed by atoms with E-state index in [1.54, 1.807) is 0 Å². The van der Waals surface area contributed by atoms with E-state index in [-0.39, 0.29) is 12.4 Å². The highest BCUT2D eigenvalue weighted by Gasteiger charge is 2.08. The summed E-state index contributed by atoms with van der Waals surface area (Å²) >= 11 is 0. The van der Waals surface area contributed by atoms with Gasteiger partial charge in [-0.3, -0.25) is 0 Å². The lowest BCUT2D eigenvalue weighted by Crippen LogP contribution is -2.00. The van der Waals surface area contributed by atoms with E-state index in [1.807, 2.05) is 12.1 Å². The minimum atomic E-state index is -0.226. The summed E-state index contributed by atoms with van der Waals surface area (Å²) in [6.07, 6.45) is 1.97. The number of halogens is 1. The van der Waals surface area contributed by atoms with Crippen LogP contribution in [0.15, 0.2) is 36.4 Å². The average molecular weight is 257 g/mol. The summed E-state index contributed by atoms with van der Waals surface area (Å²) < 4.78 is 13.5. The quantitative estimate of drug-likeness (QED) is 0.877. The predicted octanol–water partition coefficient (Wildman–Crippen LogP) is 4.08. The molecule has 2 heteroatoms. The summed E-state index contributed by atoms with van der Waals surface area (Å²) in [5.74, 6) is -0.226. The maximum atomic E-state index is 13.5. The van der Waals surface area contributed by atoms with Gasteiger partial charge in [-0.1, -0.05) is 38.1 Å². The number of benzene rings is 2. The fourth-order valence-electron chi connectivity index (χ4n) is 2.32. The Labute approximate surface area is 114 Å². The van der Waals surface area contributed by atoms with E-state index in [0.717, 1.165) is 18.4 Å². The molecule has 2 aromatic rings. The van der Waals surface area contributed by atoms with Gasteiger partial charge in [0.2, 0.25) is 0 Å². The minimum Gasteiger partial charge on any atom is -0.326 e. The van der Waals surface area contributed by atoms with Gasteiger partial charge in [0.15, 0.2) is 0 Å². The molecule has 0 aliphatic heterocycles.